The van der Waals surface area contributed by atoms with Crippen LogP contribution in [0.25, 0.3) is 0 Å². The Morgan fingerprint density at radius 2 is 1.92 bits per heavy atom. The summed E-state index contributed by atoms with van der Waals surface area (Å²) in [6.45, 7) is 0. The number of halogens is 1. The van der Waals surface area contributed by atoms with Gasteiger partial charge in [0.1, 0.15) is 15.7 Å². The number of nitrogens with one attached hydrogen (secondary N) is 2. The lowest BCUT2D eigenvalue weighted by Gasteiger charge is -2.42. The van der Waals surface area contributed by atoms with Gasteiger partial charge in [0, 0.05) is 43.8 Å². The summed E-state index contributed by atoms with van der Waals surface area (Å²) in [5.41, 5.74) is 11.8. The molecule has 0 saturated heterocycles. The van der Waals surface area contributed by atoms with Gasteiger partial charge in [-0.3, -0.25) is 5.73 Å². The second-order valence-corrected chi connectivity index (χ2v) is 12.8. The molecule has 5 rings (SSSR count). The van der Waals surface area contributed by atoms with Crippen molar-refractivity contribution in [1.29, 1.82) is 0 Å². The van der Waals surface area contributed by atoms with E-state index in [0.717, 1.165) is 47.0 Å². The number of nitrogens with two attached hydrogens (primary N) is 1. The molecule has 1 unspecified atom stereocenters. The zero-order valence-corrected chi connectivity index (χ0v) is 24.4. The second kappa shape index (κ2) is 11.6. The molecule has 11 heteroatoms. The van der Waals surface area contributed by atoms with Crippen LogP contribution in [0.2, 0.25) is 0 Å². The van der Waals surface area contributed by atoms with Gasteiger partial charge >= 0.3 is 0 Å². The van der Waals surface area contributed by atoms with Crippen LogP contribution in [-0.2, 0) is 16.3 Å². The van der Waals surface area contributed by atoms with Gasteiger partial charge in [0.2, 0.25) is 5.95 Å². The molecule has 1 fully saturated rings. The molecule has 0 bridgehead atoms. The molecule has 2 aromatic carbocycles. The average Bonchev–Trinajstić information content (AvgIpc) is 3.17. The highest BCUT2D eigenvalue weighted by Crippen LogP contribution is 2.45. The summed E-state index contributed by atoms with van der Waals surface area (Å²) in [6, 6.07) is 15.9. The zero-order valence-electron chi connectivity index (χ0n) is 22.7. The fraction of sp³-hybridized carbons (Fsp3) is 0.429. The van der Waals surface area contributed by atoms with Gasteiger partial charge in [0.25, 0.3) is 0 Å². The van der Waals surface area contributed by atoms with Crippen LogP contribution in [0.5, 0.6) is 0 Å². The first-order valence-electron chi connectivity index (χ1n) is 13.2. The van der Waals surface area contributed by atoms with E-state index in [4.69, 9.17) is 10.7 Å². The number of rotatable bonds is 8. The first kappa shape index (κ1) is 28.9. The lowest BCUT2D eigenvalue weighted by Crippen LogP contribution is -2.62. The van der Waals surface area contributed by atoms with Crippen LogP contribution in [-0.4, -0.2) is 50.3 Å². The van der Waals surface area contributed by atoms with Crippen molar-refractivity contribution in [2.24, 2.45) is 11.7 Å². The van der Waals surface area contributed by atoms with Crippen LogP contribution in [0.15, 0.2) is 54.7 Å². The number of hydrogen-bond donors (Lipinski definition) is 3. The number of aromatic nitrogens is 2. The molecule has 0 radical (unpaired) electrons. The molecule has 4 N–H and O–H groups in total. The van der Waals surface area contributed by atoms with Gasteiger partial charge < -0.3 is 20.4 Å². The predicted molar refractivity (Wildman–Crippen MR) is 162 cm³/mol. The van der Waals surface area contributed by atoms with E-state index in [0.29, 0.717) is 18.3 Å². The first-order chi connectivity index (χ1) is 18.1. The molecule has 210 valence electrons. The van der Waals surface area contributed by atoms with Crippen molar-refractivity contribution in [3.05, 3.63) is 60.3 Å². The summed E-state index contributed by atoms with van der Waals surface area (Å²) in [5, 5.41) is 6.89. The van der Waals surface area contributed by atoms with Gasteiger partial charge in [-0.1, -0.05) is 31.4 Å². The fourth-order valence-corrected chi connectivity index (χ4v) is 6.11. The predicted octanol–water partition coefficient (Wildman–Crippen LogP) is 5.05. The Morgan fingerprint density at radius 1 is 1.15 bits per heavy atom. The lowest BCUT2D eigenvalue weighted by molar-refractivity contribution is 0.235. The Labute approximate surface area is 237 Å². The summed E-state index contributed by atoms with van der Waals surface area (Å²) < 4.78 is 23.1. The molecule has 1 aliphatic carbocycles. The Hall–Kier alpha value is -3.08. The van der Waals surface area contributed by atoms with E-state index in [1.54, 1.807) is 6.20 Å². The maximum absolute atomic E-state index is 11.5. The van der Waals surface area contributed by atoms with E-state index in [2.05, 4.69) is 45.8 Å². The molecule has 1 atom stereocenters. The van der Waals surface area contributed by atoms with Gasteiger partial charge in [-0.2, -0.15) is 4.98 Å². The van der Waals surface area contributed by atoms with Crippen LogP contribution in [0.3, 0.4) is 0 Å². The molecule has 2 aliphatic rings. The summed E-state index contributed by atoms with van der Waals surface area (Å²) >= 11 is 0. The fourth-order valence-electron chi connectivity index (χ4n) is 5.51. The molecule has 39 heavy (non-hydrogen) atoms. The Kier molecular flexibility index (Phi) is 8.58. The quantitative estimate of drug-likeness (QED) is 0.341. The van der Waals surface area contributed by atoms with Crippen molar-refractivity contribution in [2.75, 3.05) is 46.5 Å². The van der Waals surface area contributed by atoms with Crippen LogP contribution >= 0.6 is 12.4 Å². The normalized spacial score (nSPS) is 19.1. The van der Waals surface area contributed by atoms with Gasteiger partial charge in [-0.15, -0.1) is 12.4 Å². The third-order valence-electron chi connectivity index (χ3n) is 7.78. The largest absolute Gasteiger partial charge is 0.349 e. The number of hydrogen-bond acceptors (Lipinski definition) is 9. The average molecular weight is 572 g/mol. The Balaban J connectivity index is 0.00000353. The van der Waals surface area contributed by atoms with Crippen molar-refractivity contribution in [3.63, 3.8) is 0 Å². The van der Waals surface area contributed by atoms with Crippen LogP contribution in [0.4, 0.5) is 34.5 Å². The monoisotopic (exact) mass is 571 g/mol. The van der Waals surface area contributed by atoms with Crippen molar-refractivity contribution < 1.29 is 8.42 Å². The first-order valence-corrected chi connectivity index (χ1v) is 15.2. The SMILES string of the molecule is CN(c1ccc2c(c1)NC(N)(C1CCCCC1)N2C)c1ccnc(Nc2cccc(CCS(C)(=O)=O)c2)n1.Cl. The minimum Gasteiger partial charge on any atom is -0.349 e. The van der Waals surface area contributed by atoms with Crippen LogP contribution in [0.1, 0.15) is 37.7 Å². The summed E-state index contributed by atoms with van der Waals surface area (Å²) in [4.78, 5) is 13.3. The topological polar surface area (TPSA) is 116 Å². The van der Waals surface area contributed by atoms with Crippen LogP contribution in [0, 0.1) is 5.92 Å². The van der Waals surface area contributed by atoms with E-state index >= 15 is 0 Å². The van der Waals surface area contributed by atoms with Crippen molar-refractivity contribution in [3.8, 4) is 0 Å². The molecular weight excluding hydrogens is 534 g/mol. The molecule has 1 saturated carbocycles. The van der Waals surface area contributed by atoms with Gasteiger partial charge in [-0.25, -0.2) is 13.4 Å². The molecule has 1 aliphatic heterocycles. The smallest absolute Gasteiger partial charge is 0.229 e. The highest BCUT2D eigenvalue weighted by molar-refractivity contribution is 7.90. The van der Waals surface area contributed by atoms with Crippen molar-refractivity contribution in [2.45, 2.75) is 44.3 Å². The van der Waals surface area contributed by atoms with E-state index in [-0.39, 0.29) is 18.2 Å². The van der Waals surface area contributed by atoms with Gasteiger partial charge in [-0.05, 0) is 61.2 Å². The summed E-state index contributed by atoms with van der Waals surface area (Å²) in [6.07, 6.45) is 9.49. The number of benzene rings is 2. The third kappa shape index (κ3) is 6.40. The molecule has 2 heterocycles. The number of aryl methyl sites for hydroxylation is 1. The maximum Gasteiger partial charge on any atom is 0.229 e. The number of fused-ring (bicyclic) bond motifs is 1. The van der Waals surface area contributed by atoms with E-state index in [1.807, 2.05) is 42.3 Å². The minimum absolute atomic E-state index is 0. The summed E-state index contributed by atoms with van der Waals surface area (Å²) in [7, 11) is 1.04. The van der Waals surface area contributed by atoms with Crippen molar-refractivity contribution >= 4 is 56.8 Å². The minimum atomic E-state index is -3.02. The maximum atomic E-state index is 11.5. The molecule has 0 amide bonds. The highest BCUT2D eigenvalue weighted by Gasteiger charge is 2.44. The van der Waals surface area contributed by atoms with Gasteiger partial charge in [0.05, 0.1) is 17.1 Å². The number of sulfone groups is 1. The van der Waals surface area contributed by atoms with Gasteiger partial charge in [0.15, 0.2) is 5.79 Å². The van der Waals surface area contributed by atoms with Crippen LogP contribution < -0.4 is 26.2 Å². The van der Waals surface area contributed by atoms with Crippen molar-refractivity contribution in [1.82, 2.24) is 9.97 Å². The molecular formula is C28H38ClN7O2S. The Bertz CT molecular complexity index is 1410. The highest BCUT2D eigenvalue weighted by atomic mass is 35.5. The molecule has 1 aromatic heterocycles. The number of nitrogens with zero attached hydrogens (tertiary/aromatic N) is 4. The van der Waals surface area contributed by atoms with E-state index in [9.17, 15) is 8.42 Å². The molecule has 3 aromatic rings. The lowest BCUT2D eigenvalue weighted by atomic mass is 9.84. The second-order valence-electron chi connectivity index (χ2n) is 10.5. The molecule has 9 nitrogen and oxygen atoms in total. The van der Waals surface area contributed by atoms with E-state index in [1.165, 1.54) is 25.5 Å². The standard InChI is InChI=1S/C28H37N7O2S.ClH/c1-34(23-12-13-25-24(19-23)33-28(29,35(25)2)21-9-5-4-6-10-21)26-14-16-30-27(32-26)31-22-11-7-8-20(18-22)15-17-38(3,36)37;/h7-8,11-14,16,18-19,21,33H,4-6,9-10,15,17,29H2,1-3H3,(H,30,31,32);1H. The third-order valence-corrected chi connectivity index (χ3v) is 8.72. The molecule has 0 spiro atoms. The summed E-state index contributed by atoms with van der Waals surface area (Å²) in [5.74, 6) is 1.17. The Morgan fingerprint density at radius 3 is 2.67 bits per heavy atom. The zero-order chi connectivity index (χ0) is 26.9. The number of anilines is 6. The van der Waals surface area contributed by atoms with E-state index < -0.39 is 15.6 Å².